The number of hydrogen-bond donors (Lipinski definition) is 1. The largest absolute Gasteiger partial charge is 0.314 e. The Morgan fingerprint density at radius 3 is 2.14 bits per heavy atom. The van der Waals surface area contributed by atoms with Crippen molar-refractivity contribution in [2.75, 3.05) is 26.2 Å². The summed E-state index contributed by atoms with van der Waals surface area (Å²) in [6.45, 7) is 5.14. The molecule has 1 aliphatic rings. The molecule has 0 saturated carbocycles. The minimum Gasteiger partial charge on any atom is -0.314 e. The van der Waals surface area contributed by atoms with Gasteiger partial charge in [-0.05, 0) is 23.3 Å². The highest BCUT2D eigenvalue weighted by molar-refractivity contribution is 5.70. The number of hydrogen-bond acceptors (Lipinski definition) is 3. The second-order valence-corrected chi connectivity index (χ2v) is 7.31. The lowest BCUT2D eigenvalue weighted by Crippen LogP contribution is -2.43. The fourth-order valence-electron chi connectivity index (χ4n) is 3.95. The van der Waals surface area contributed by atoms with Crippen LogP contribution in [0, 0.1) is 0 Å². The molecular weight excluding hydrogens is 344 g/mol. The fourth-order valence-corrected chi connectivity index (χ4v) is 3.95. The number of pyridine rings is 1. The Hall–Kier alpha value is -2.95. The lowest BCUT2D eigenvalue weighted by Gasteiger charge is -2.27. The smallest absolute Gasteiger partial charge is 0.137 e. The van der Waals surface area contributed by atoms with Gasteiger partial charge in [-0.25, -0.2) is 4.98 Å². The van der Waals surface area contributed by atoms with Crippen molar-refractivity contribution >= 4 is 5.65 Å². The summed E-state index contributed by atoms with van der Waals surface area (Å²) < 4.78 is 2.28. The number of benzene rings is 2. The maximum atomic E-state index is 5.00. The van der Waals surface area contributed by atoms with Crippen LogP contribution in [0.3, 0.4) is 0 Å². The number of piperazine rings is 1. The lowest BCUT2D eigenvalue weighted by atomic mass is 10.1. The third-order valence-electron chi connectivity index (χ3n) is 5.45. The Morgan fingerprint density at radius 1 is 0.750 bits per heavy atom. The van der Waals surface area contributed by atoms with E-state index in [0.29, 0.717) is 0 Å². The van der Waals surface area contributed by atoms with Gasteiger partial charge in [0.15, 0.2) is 0 Å². The molecule has 1 N–H and O–H groups in total. The monoisotopic (exact) mass is 368 g/mol. The van der Waals surface area contributed by atoms with E-state index in [1.165, 1.54) is 22.4 Å². The molecule has 0 aliphatic carbocycles. The van der Waals surface area contributed by atoms with Crippen LogP contribution in [0.2, 0.25) is 0 Å². The topological polar surface area (TPSA) is 32.6 Å². The highest BCUT2D eigenvalue weighted by Gasteiger charge is 2.18. The van der Waals surface area contributed by atoms with Crippen molar-refractivity contribution in [3.05, 3.63) is 84.7 Å². The van der Waals surface area contributed by atoms with E-state index in [2.05, 4.69) is 93.6 Å². The van der Waals surface area contributed by atoms with Crippen molar-refractivity contribution < 1.29 is 0 Å². The molecule has 140 valence electrons. The van der Waals surface area contributed by atoms with E-state index in [0.717, 1.165) is 44.1 Å². The molecule has 4 nitrogen and oxygen atoms in total. The maximum absolute atomic E-state index is 5.00. The van der Waals surface area contributed by atoms with Crippen LogP contribution in [0.4, 0.5) is 0 Å². The number of nitrogens with zero attached hydrogens (tertiary/aromatic N) is 3. The number of imidazole rings is 1. The van der Waals surface area contributed by atoms with Gasteiger partial charge < -0.3 is 9.72 Å². The highest BCUT2D eigenvalue weighted by atomic mass is 15.2. The molecule has 4 aromatic rings. The first-order chi connectivity index (χ1) is 13.9. The maximum Gasteiger partial charge on any atom is 0.137 e. The van der Waals surface area contributed by atoms with Crippen molar-refractivity contribution in [3.63, 3.8) is 0 Å². The second-order valence-electron chi connectivity index (χ2n) is 7.31. The minimum absolute atomic E-state index is 0.908. The molecule has 0 amide bonds. The van der Waals surface area contributed by atoms with Crippen molar-refractivity contribution in [1.29, 1.82) is 0 Å². The number of nitrogens with one attached hydrogen (secondary N) is 1. The summed E-state index contributed by atoms with van der Waals surface area (Å²) >= 11 is 0. The van der Waals surface area contributed by atoms with Crippen molar-refractivity contribution in [3.8, 4) is 22.4 Å². The Labute approximate surface area is 165 Å². The van der Waals surface area contributed by atoms with E-state index < -0.39 is 0 Å². The van der Waals surface area contributed by atoms with E-state index in [-0.39, 0.29) is 0 Å². The van der Waals surface area contributed by atoms with E-state index in [1.54, 1.807) is 0 Å². The highest BCUT2D eigenvalue weighted by Crippen LogP contribution is 2.28. The second kappa shape index (κ2) is 7.58. The molecule has 28 heavy (non-hydrogen) atoms. The number of rotatable bonds is 4. The molecule has 4 heteroatoms. The molecule has 1 aliphatic heterocycles. The van der Waals surface area contributed by atoms with Gasteiger partial charge in [-0.1, -0.05) is 60.7 Å². The van der Waals surface area contributed by atoms with Crippen LogP contribution < -0.4 is 5.32 Å². The van der Waals surface area contributed by atoms with Gasteiger partial charge in [0.2, 0.25) is 0 Å². The van der Waals surface area contributed by atoms with Crippen molar-refractivity contribution in [2.45, 2.75) is 6.54 Å². The average Bonchev–Trinajstić information content (AvgIpc) is 3.13. The summed E-state index contributed by atoms with van der Waals surface area (Å²) in [5, 5.41) is 3.44. The molecule has 3 heterocycles. The van der Waals surface area contributed by atoms with Gasteiger partial charge in [0.1, 0.15) is 5.65 Å². The lowest BCUT2D eigenvalue weighted by molar-refractivity contribution is 0.230. The molecule has 0 atom stereocenters. The quantitative estimate of drug-likeness (QED) is 0.589. The fraction of sp³-hybridized carbons (Fsp3) is 0.208. The molecular formula is C24H24N4. The SMILES string of the molecule is c1ccc(-c2ccc3nc(-c4ccccc4)c(CN4CCNCC4)n3c2)cc1. The van der Waals surface area contributed by atoms with E-state index >= 15 is 0 Å². The number of aromatic nitrogens is 2. The zero-order chi connectivity index (χ0) is 18.8. The van der Waals surface area contributed by atoms with Crippen LogP contribution >= 0.6 is 0 Å². The minimum atomic E-state index is 0.908. The summed E-state index contributed by atoms with van der Waals surface area (Å²) in [6.07, 6.45) is 2.24. The normalized spacial score (nSPS) is 15.1. The standard InChI is InChI=1S/C24H24N4/c1-3-7-19(8-4-1)21-11-12-23-26-24(20-9-5-2-6-10-20)22(28(23)17-21)18-27-15-13-25-14-16-27/h1-12,17,25H,13-16,18H2. The van der Waals surface area contributed by atoms with Crippen LogP contribution in [0.15, 0.2) is 79.0 Å². The van der Waals surface area contributed by atoms with Crippen LogP contribution in [0.25, 0.3) is 28.0 Å². The van der Waals surface area contributed by atoms with Gasteiger partial charge in [0, 0.05) is 44.5 Å². The summed E-state index contributed by atoms with van der Waals surface area (Å²) in [7, 11) is 0. The predicted molar refractivity (Wildman–Crippen MR) is 114 cm³/mol. The predicted octanol–water partition coefficient (Wildman–Crippen LogP) is 4.07. The first kappa shape index (κ1) is 17.2. The van der Waals surface area contributed by atoms with Crippen molar-refractivity contribution in [2.24, 2.45) is 0 Å². The Morgan fingerprint density at radius 2 is 1.43 bits per heavy atom. The third-order valence-corrected chi connectivity index (χ3v) is 5.45. The Kier molecular flexibility index (Phi) is 4.65. The van der Waals surface area contributed by atoms with Gasteiger partial charge in [0.05, 0.1) is 11.4 Å². The third kappa shape index (κ3) is 3.33. The number of fused-ring (bicyclic) bond motifs is 1. The van der Waals surface area contributed by atoms with Crippen LogP contribution in [-0.4, -0.2) is 40.5 Å². The molecule has 2 aromatic heterocycles. The van der Waals surface area contributed by atoms with Crippen LogP contribution in [0.5, 0.6) is 0 Å². The molecule has 0 bridgehead atoms. The summed E-state index contributed by atoms with van der Waals surface area (Å²) in [5.41, 5.74) is 6.98. The van der Waals surface area contributed by atoms with E-state index in [4.69, 9.17) is 4.98 Å². The van der Waals surface area contributed by atoms with Gasteiger partial charge in [0.25, 0.3) is 0 Å². The van der Waals surface area contributed by atoms with Gasteiger partial charge in [-0.15, -0.1) is 0 Å². The Bertz CT molecular complexity index is 1060. The molecule has 1 saturated heterocycles. The van der Waals surface area contributed by atoms with Crippen LogP contribution in [0.1, 0.15) is 5.69 Å². The molecule has 2 aromatic carbocycles. The molecule has 0 radical (unpaired) electrons. The first-order valence-electron chi connectivity index (χ1n) is 9.93. The molecule has 1 fully saturated rings. The Balaban J connectivity index is 1.64. The molecule has 0 spiro atoms. The summed E-state index contributed by atoms with van der Waals surface area (Å²) in [4.78, 5) is 7.52. The first-order valence-corrected chi connectivity index (χ1v) is 9.93. The van der Waals surface area contributed by atoms with Crippen molar-refractivity contribution in [1.82, 2.24) is 19.6 Å². The van der Waals surface area contributed by atoms with E-state index in [1.807, 2.05) is 0 Å². The zero-order valence-corrected chi connectivity index (χ0v) is 15.9. The zero-order valence-electron chi connectivity index (χ0n) is 15.9. The van der Waals surface area contributed by atoms with Crippen LogP contribution in [-0.2, 0) is 6.54 Å². The van der Waals surface area contributed by atoms with E-state index in [9.17, 15) is 0 Å². The average molecular weight is 368 g/mol. The summed E-state index contributed by atoms with van der Waals surface area (Å²) in [5.74, 6) is 0. The molecule has 5 rings (SSSR count). The van der Waals surface area contributed by atoms with Gasteiger partial charge in [-0.2, -0.15) is 0 Å². The van der Waals surface area contributed by atoms with Gasteiger partial charge in [-0.3, -0.25) is 4.90 Å². The summed E-state index contributed by atoms with van der Waals surface area (Å²) in [6, 6.07) is 25.4. The van der Waals surface area contributed by atoms with Gasteiger partial charge >= 0.3 is 0 Å². The molecule has 0 unspecified atom stereocenters.